The lowest BCUT2D eigenvalue weighted by atomic mass is 10.1. The Kier molecular flexibility index (Phi) is 8.54. The van der Waals surface area contributed by atoms with E-state index in [4.69, 9.17) is 4.74 Å². The molecular weight excluding hydrogens is 579 g/mol. The Morgan fingerprint density at radius 2 is 1.81 bits per heavy atom. The smallest absolute Gasteiger partial charge is 0.378 e. The van der Waals surface area contributed by atoms with Gasteiger partial charge < -0.3 is 15.0 Å². The van der Waals surface area contributed by atoms with Crippen LogP contribution >= 0.6 is 0 Å². The molecule has 13 nitrogen and oxygen atoms in total. The molecule has 17 heteroatoms. The Labute approximate surface area is 240 Å². The third-order valence-corrected chi connectivity index (χ3v) is 8.35. The highest BCUT2D eigenvalue weighted by Gasteiger charge is 2.36. The van der Waals surface area contributed by atoms with Gasteiger partial charge >= 0.3 is 12.2 Å². The SMILES string of the molecule is CCNC(=O)Nc1cc(C(F)(F)F)c(-c2nc(N3CCOCC3)c3cc(CN4CCN(S(C)(=O)=O)CC4)cn3n2)cn1. The van der Waals surface area contributed by atoms with Crippen molar-refractivity contribution in [1.82, 2.24) is 34.1 Å². The summed E-state index contributed by atoms with van der Waals surface area (Å²) in [6, 6.07) is 2.00. The first-order valence-corrected chi connectivity index (χ1v) is 15.3. The van der Waals surface area contributed by atoms with Crippen LogP contribution in [0, 0.1) is 0 Å². The predicted octanol–water partition coefficient (Wildman–Crippen LogP) is 1.87. The number of alkyl halides is 3. The number of nitrogens with zero attached hydrogens (tertiary/aromatic N) is 7. The number of hydrogen-bond acceptors (Lipinski definition) is 9. The van der Waals surface area contributed by atoms with Gasteiger partial charge in [0, 0.05) is 64.8 Å². The van der Waals surface area contributed by atoms with Gasteiger partial charge in [0.1, 0.15) is 11.3 Å². The van der Waals surface area contributed by atoms with Crippen LogP contribution in [0.5, 0.6) is 0 Å². The molecule has 2 fully saturated rings. The molecular formula is C25H32F3N9O4S. The van der Waals surface area contributed by atoms with Gasteiger partial charge in [-0.2, -0.15) is 17.5 Å². The largest absolute Gasteiger partial charge is 0.417 e. The third kappa shape index (κ3) is 6.74. The summed E-state index contributed by atoms with van der Waals surface area (Å²) in [7, 11) is -3.26. The molecule has 2 aliphatic rings. The number of pyridine rings is 1. The second kappa shape index (κ2) is 12.0. The number of piperazine rings is 1. The Morgan fingerprint density at radius 1 is 1.10 bits per heavy atom. The number of nitrogens with one attached hydrogen (secondary N) is 2. The lowest BCUT2D eigenvalue weighted by Gasteiger charge is -2.32. The van der Waals surface area contributed by atoms with Gasteiger partial charge in [0.15, 0.2) is 11.6 Å². The van der Waals surface area contributed by atoms with Gasteiger partial charge in [0.05, 0.1) is 30.6 Å². The molecule has 0 aromatic carbocycles. The van der Waals surface area contributed by atoms with Crippen molar-refractivity contribution in [2.75, 3.05) is 75.5 Å². The molecule has 0 bridgehead atoms. The van der Waals surface area contributed by atoms with Crippen LogP contribution in [0.3, 0.4) is 0 Å². The van der Waals surface area contributed by atoms with Gasteiger partial charge in [-0.05, 0) is 24.6 Å². The summed E-state index contributed by atoms with van der Waals surface area (Å²) in [6.07, 6.45) is -0.817. The molecule has 0 spiro atoms. The van der Waals surface area contributed by atoms with Crippen molar-refractivity contribution in [3.8, 4) is 11.4 Å². The number of sulfonamides is 1. The van der Waals surface area contributed by atoms with Gasteiger partial charge in [-0.15, -0.1) is 5.10 Å². The molecule has 42 heavy (non-hydrogen) atoms. The second-order valence-electron chi connectivity index (χ2n) is 10.1. The van der Waals surface area contributed by atoms with Crippen LogP contribution in [0.4, 0.5) is 29.6 Å². The number of rotatable bonds is 7. The normalized spacial score (nSPS) is 17.5. The zero-order chi connectivity index (χ0) is 30.1. The van der Waals surface area contributed by atoms with Crippen molar-refractivity contribution in [2.24, 2.45) is 0 Å². The summed E-state index contributed by atoms with van der Waals surface area (Å²) in [5, 5.41) is 9.22. The highest BCUT2D eigenvalue weighted by Crippen LogP contribution is 2.38. The van der Waals surface area contributed by atoms with Crippen LogP contribution in [-0.4, -0.2) is 109 Å². The first-order chi connectivity index (χ1) is 19.9. The van der Waals surface area contributed by atoms with Crippen molar-refractivity contribution < 1.29 is 31.1 Å². The van der Waals surface area contributed by atoms with E-state index in [0.29, 0.717) is 76.9 Å². The number of halogens is 3. The summed E-state index contributed by atoms with van der Waals surface area (Å²) >= 11 is 0. The maximum absolute atomic E-state index is 14.2. The Hall–Kier alpha value is -3.54. The number of ether oxygens (including phenoxy) is 1. The molecule has 2 aliphatic heterocycles. The fourth-order valence-corrected chi connectivity index (χ4v) is 5.81. The van der Waals surface area contributed by atoms with Crippen LogP contribution in [0.1, 0.15) is 18.1 Å². The van der Waals surface area contributed by atoms with E-state index in [9.17, 15) is 26.4 Å². The van der Waals surface area contributed by atoms with Crippen LogP contribution in [0.15, 0.2) is 24.5 Å². The molecule has 0 aliphatic carbocycles. The molecule has 0 saturated carbocycles. The minimum absolute atomic E-state index is 0.169. The number of amides is 2. The highest BCUT2D eigenvalue weighted by atomic mass is 32.2. The molecule has 5 rings (SSSR count). The molecule has 228 valence electrons. The number of urea groups is 1. The van der Waals surface area contributed by atoms with Gasteiger partial charge in [0.25, 0.3) is 0 Å². The van der Waals surface area contributed by atoms with Crippen molar-refractivity contribution in [2.45, 2.75) is 19.6 Å². The first kappa shape index (κ1) is 29.9. The fourth-order valence-electron chi connectivity index (χ4n) is 4.98. The van der Waals surface area contributed by atoms with Gasteiger partial charge in [-0.1, -0.05) is 0 Å². The van der Waals surface area contributed by atoms with Crippen LogP contribution in [-0.2, 0) is 27.5 Å². The molecule has 0 atom stereocenters. The topological polar surface area (TPSA) is 137 Å². The summed E-state index contributed by atoms with van der Waals surface area (Å²) in [6.45, 7) is 6.23. The number of fused-ring (bicyclic) bond motifs is 1. The average Bonchev–Trinajstić information content (AvgIpc) is 3.34. The second-order valence-corrected chi connectivity index (χ2v) is 12.1. The van der Waals surface area contributed by atoms with Crippen LogP contribution < -0.4 is 15.5 Å². The molecule has 0 unspecified atom stereocenters. The number of carbonyl (C=O) groups excluding carboxylic acids is 1. The monoisotopic (exact) mass is 611 g/mol. The lowest BCUT2D eigenvalue weighted by Crippen LogP contribution is -2.47. The zero-order valence-corrected chi connectivity index (χ0v) is 24.0. The average molecular weight is 612 g/mol. The molecule has 3 aromatic heterocycles. The molecule has 2 saturated heterocycles. The van der Waals surface area contributed by atoms with E-state index >= 15 is 0 Å². The number of hydrogen-bond donors (Lipinski definition) is 2. The Bertz CT molecular complexity index is 1550. The summed E-state index contributed by atoms with van der Waals surface area (Å²) in [5.41, 5.74) is 0.126. The molecule has 0 radical (unpaired) electrons. The molecule has 3 aromatic rings. The highest BCUT2D eigenvalue weighted by molar-refractivity contribution is 7.88. The third-order valence-electron chi connectivity index (χ3n) is 7.05. The minimum atomic E-state index is -4.77. The van der Waals surface area contributed by atoms with Crippen LogP contribution in [0.25, 0.3) is 16.9 Å². The van der Waals surface area contributed by atoms with Crippen molar-refractivity contribution in [3.63, 3.8) is 0 Å². The van der Waals surface area contributed by atoms with E-state index in [1.54, 1.807) is 13.1 Å². The molecule has 2 N–H and O–H groups in total. The summed E-state index contributed by atoms with van der Waals surface area (Å²) < 4.78 is 74.9. The van der Waals surface area contributed by atoms with E-state index in [1.165, 1.54) is 15.1 Å². The molecule has 2 amide bonds. The zero-order valence-electron chi connectivity index (χ0n) is 23.2. The van der Waals surface area contributed by atoms with Crippen molar-refractivity contribution in [3.05, 3.63) is 35.7 Å². The standard InChI is InChI=1S/C25H32F3N9O4S/c1-3-29-24(38)31-21-13-19(25(26,27)28)18(14-30-21)22-32-23(35-8-10-41-11-9-35)20-12-17(16-37(20)33-22)15-34-4-6-36(7-5-34)42(2,39)40/h12-14,16H,3-11,15H2,1-2H3,(H2,29,30,31,38). The van der Waals surface area contributed by atoms with E-state index in [-0.39, 0.29) is 17.2 Å². The Balaban J connectivity index is 1.51. The molecule has 5 heterocycles. The van der Waals surface area contributed by atoms with Crippen molar-refractivity contribution in [1.29, 1.82) is 0 Å². The Morgan fingerprint density at radius 3 is 2.45 bits per heavy atom. The minimum Gasteiger partial charge on any atom is -0.378 e. The fraction of sp³-hybridized carbons (Fsp3) is 0.520. The number of morpholine rings is 1. The maximum Gasteiger partial charge on any atom is 0.417 e. The summed E-state index contributed by atoms with van der Waals surface area (Å²) in [5.74, 6) is 0.0390. The first-order valence-electron chi connectivity index (χ1n) is 13.4. The van der Waals surface area contributed by atoms with Crippen molar-refractivity contribution >= 4 is 33.2 Å². The lowest BCUT2D eigenvalue weighted by molar-refractivity contribution is -0.137. The van der Waals surface area contributed by atoms with Crippen LogP contribution in [0.2, 0.25) is 0 Å². The van der Waals surface area contributed by atoms with Gasteiger partial charge in [-0.25, -0.2) is 27.7 Å². The summed E-state index contributed by atoms with van der Waals surface area (Å²) in [4.78, 5) is 24.6. The maximum atomic E-state index is 14.2. The number of anilines is 2. The number of carbonyl (C=O) groups is 1. The van der Waals surface area contributed by atoms with Gasteiger partial charge in [0.2, 0.25) is 10.0 Å². The number of aromatic nitrogens is 4. The van der Waals surface area contributed by atoms with Gasteiger partial charge in [-0.3, -0.25) is 10.2 Å². The van der Waals surface area contributed by atoms with E-state index < -0.39 is 27.8 Å². The van der Waals surface area contributed by atoms with E-state index in [1.807, 2.05) is 11.0 Å². The van der Waals surface area contributed by atoms with E-state index in [0.717, 1.165) is 17.8 Å². The van der Waals surface area contributed by atoms with E-state index in [2.05, 4.69) is 30.6 Å². The predicted molar refractivity (Wildman–Crippen MR) is 149 cm³/mol. The quantitative estimate of drug-likeness (QED) is 0.410.